The van der Waals surface area contributed by atoms with E-state index < -0.39 is 0 Å². The molecule has 2 fully saturated rings. The minimum atomic E-state index is 0.408. The van der Waals surface area contributed by atoms with Crippen molar-refractivity contribution < 1.29 is 0 Å². The van der Waals surface area contributed by atoms with Crippen LogP contribution in [-0.2, 0) is 0 Å². The highest BCUT2D eigenvalue weighted by molar-refractivity contribution is 5.02. The van der Waals surface area contributed by atoms with Crippen LogP contribution in [0.3, 0.4) is 0 Å². The molecule has 0 spiro atoms. The van der Waals surface area contributed by atoms with Crippen molar-refractivity contribution in [3.05, 3.63) is 0 Å². The largest absolute Gasteiger partial charge is 0.330 e. The maximum absolute atomic E-state index is 6.02. The third kappa shape index (κ3) is 2.60. The fourth-order valence-electron chi connectivity index (χ4n) is 2.98. The van der Waals surface area contributed by atoms with Crippen molar-refractivity contribution >= 4 is 0 Å². The van der Waals surface area contributed by atoms with Crippen molar-refractivity contribution in [2.24, 2.45) is 22.5 Å². The lowest BCUT2D eigenvalue weighted by Crippen LogP contribution is -2.44. The fourth-order valence-corrected chi connectivity index (χ4v) is 2.98. The zero-order valence-corrected chi connectivity index (χ0v) is 11.2. The molecule has 2 aliphatic carbocycles. The zero-order chi connectivity index (χ0) is 11.8. The van der Waals surface area contributed by atoms with Gasteiger partial charge >= 0.3 is 0 Å². The van der Waals surface area contributed by atoms with E-state index in [1.54, 1.807) is 0 Å². The molecule has 1 atom stereocenters. The van der Waals surface area contributed by atoms with Crippen molar-refractivity contribution in [1.82, 2.24) is 5.32 Å². The zero-order valence-electron chi connectivity index (χ0n) is 11.2. The topological polar surface area (TPSA) is 38.0 Å². The number of hydrogen-bond donors (Lipinski definition) is 2. The monoisotopic (exact) mass is 224 g/mol. The lowest BCUT2D eigenvalue weighted by atomic mass is 9.71. The Hall–Kier alpha value is -0.0800. The summed E-state index contributed by atoms with van der Waals surface area (Å²) in [5, 5.41) is 3.74. The van der Waals surface area contributed by atoms with E-state index in [2.05, 4.69) is 26.1 Å². The van der Waals surface area contributed by atoms with Gasteiger partial charge in [0.25, 0.3) is 0 Å². The molecule has 2 nitrogen and oxygen atoms in total. The van der Waals surface area contributed by atoms with E-state index in [-0.39, 0.29) is 0 Å². The van der Waals surface area contributed by atoms with Gasteiger partial charge in [0.1, 0.15) is 0 Å². The highest BCUT2D eigenvalue weighted by Crippen LogP contribution is 2.45. The molecule has 2 aliphatic rings. The normalized spacial score (nSPS) is 42.0. The van der Waals surface area contributed by atoms with Gasteiger partial charge in [0.2, 0.25) is 0 Å². The highest BCUT2D eigenvalue weighted by Gasteiger charge is 2.46. The molecule has 2 heteroatoms. The summed E-state index contributed by atoms with van der Waals surface area (Å²) in [6, 6.07) is 0.746. The molecular formula is C14H28N2. The van der Waals surface area contributed by atoms with E-state index in [0.29, 0.717) is 10.8 Å². The molecule has 0 aliphatic heterocycles. The van der Waals surface area contributed by atoms with Crippen molar-refractivity contribution in [3.8, 4) is 0 Å². The van der Waals surface area contributed by atoms with Crippen LogP contribution in [0.4, 0.5) is 0 Å². The van der Waals surface area contributed by atoms with Crippen molar-refractivity contribution in [2.45, 2.75) is 58.9 Å². The third-order valence-electron chi connectivity index (χ3n) is 5.00. The second-order valence-electron chi connectivity index (χ2n) is 7.01. The van der Waals surface area contributed by atoms with E-state index >= 15 is 0 Å². The fraction of sp³-hybridized carbons (Fsp3) is 1.00. The van der Waals surface area contributed by atoms with Crippen molar-refractivity contribution in [1.29, 1.82) is 0 Å². The smallest absolute Gasteiger partial charge is 0.0125 e. The van der Waals surface area contributed by atoms with Gasteiger partial charge in [0, 0.05) is 12.6 Å². The first-order valence-corrected chi connectivity index (χ1v) is 6.91. The molecule has 16 heavy (non-hydrogen) atoms. The van der Waals surface area contributed by atoms with Gasteiger partial charge in [0.15, 0.2) is 0 Å². The Bertz CT molecular complexity index is 239. The quantitative estimate of drug-likeness (QED) is 0.770. The first kappa shape index (κ1) is 12.4. The number of nitrogens with one attached hydrogen (secondary N) is 1. The molecule has 0 aromatic heterocycles. The molecule has 0 bridgehead atoms. The first-order chi connectivity index (χ1) is 7.47. The van der Waals surface area contributed by atoms with Gasteiger partial charge in [-0.1, -0.05) is 33.6 Å². The summed E-state index contributed by atoms with van der Waals surface area (Å²) in [7, 11) is 0. The van der Waals surface area contributed by atoms with Crippen LogP contribution in [0, 0.1) is 16.7 Å². The summed E-state index contributed by atoms with van der Waals surface area (Å²) in [6.45, 7) is 9.08. The SMILES string of the molecule is CC1CCC(CN)(CNC2CC2(C)C)CC1. The van der Waals surface area contributed by atoms with Crippen LogP contribution in [-0.4, -0.2) is 19.1 Å². The number of nitrogens with two attached hydrogens (primary N) is 1. The lowest BCUT2D eigenvalue weighted by Gasteiger charge is -2.39. The van der Waals surface area contributed by atoms with Crippen LogP contribution in [0.5, 0.6) is 0 Å². The summed E-state index contributed by atoms with van der Waals surface area (Å²) in [5.74, 6) is 0.914. The Morgan fingerprint density at radius 2 is 1.81 bits per heavy atom. The third-order valence-corrected chi connectivity index (χ3v) is 5.00. The standard InChI is InChI=1S/C14H28N2/c1-11-4-6-14(9-15,7-5-11)10-16-12-8-13(12,2)3/h11-12,16H,4-10,15H2,1-3H3. The second kappa shape index (κ2) is 4.30. The van der Waals surface area contributed by atoms with Crippen LogP contribution in [0.15, 0.2) is 0 Å². The summed E-state index contributed by atoms with van der Waals surface area (Å²) in [5.41, 5.74) is 6.97. The average Bonchev–Trinajstić information content (AvgIpc) is 2.87. The molecule has 1 unspecified atom stereocenters. The number of rotatable bonds is 4. The molecule has 0 aromatic rings. The molecule has 0 amide bonds. The van der Waals surface area contributed by atoms with E-state index in [1.165, 1.54) is 32.1 Å². The van der Waals surface area contributed by atoms with Gasteiger partial charge in [-0.2, -0.15) is 0 Å². The second-order valence-corrected chi connectivity index (χ2v) is 7.01. The minimum absolute atomic E-state index is 0.408. The van der Waals surface area contributed by atoms with Crippen LogP contribution in [0.25, 0.3) is 0 Å². The maximum Gasteiger partial charge on any atom is 0.0125 e. The van der Waals surface area contributed by atoms with Gasteiger partial charge in [0.05, 0.1) is 0 Å². The molecule has 0 aromatic carbocycles. The van der Waals surface area contributed by atoms with E-state index in [9.17, 15) is 0 Å². The van der Waals surface area contributed by atoms with Crippen LogP contribution < -0.4 is 11.1 Å². The molecule has 3 N–H and O–H groups in total. The Kier molecular flexibility index (Phi) is 3.33. The van der Waals surface area contributed by atoms with Gasteiger partial charge in [-0.15, -0.1) is 0 Å². The lowest BCUT2D eigenvalue weighted by molar-refractivity contribution is 0.157. The predicted molar refractivity (Wildman–Crippen MR) is 69.3 cm³/mol. The van der Waals surface area contributed by atoms with E-state index in [1.807, 2.05) is 0 Å². The Morgan fingerprint density at radius 1 is 1.25 bits per heavy atom. The van der Waals surface area contributed by atoms with Gasteiger partial charge in [-0.05, 0) is 42.6 Å². The van der Waals surface area contributed by atoms with Crippen LogP contribution >= 0.6 is 0 Å². The minimum Gasteiger partial charge on any atom is -0.330 e. The molecule has 94 valence electrons. The predicted octanol–water partition coefficient (Wildman–Crippen LogP) is 2.53. The van der Waals surface area contributed by atoms with Gasteiger partial charge in [-0.25, -0.2) is 0 Å². The van der Waals surface area contributed by atoms with Crippen molar-refractivity contribution in [3.63, 3.8) is 0 Å². The highest BCUT2D eigenvalue weighted by atomic mass is 15.0. The van der Waals surface area contributed by atoms with E-state index in [0.717, 1.165) is 25.0 Å². The van der Waals surface area contributed by atoms with Crippen LogP contribution in [0.2, 0.25) is 0 Å². The van der Waals surface area contributed by atoms with Crippen molar-refractivity contribution in [2.75, 3.05) is 13.1 Å². The maximum atomic E-state index is 6.02. The molecule has 2 rings (SSSR count). The Balaban J connectivity index is 1.81. The summed E-state index contributed by atoms with van der Waals surface area (Å²) in [6.07, 6.45) is 6.72. The molecule has 0 heterocycles. The molecule has 2 saturated carbocycles. The molecular weight excluding hydrogens is 196 g/mol. The van der Waals surface area contributed by atoms with Gasteiger partial charge < -0.3 is 11.1 Å². The Morgan fingerprint density at radius 3 is 2.25 bits per heavy atom. The molecule has 0 saturated heterocycles. The number of hydrogen-bond acceptors (Lipinski definition) is 2. The summed E-state index contributed by atoms with van der Waals surface area (Å²) < 4.78 is 0. The van der Waals surface area contributed by atoms with Gasteiger partial charge in [-0.3, -0.25) is 0 Å². The Labute approximate surface area is 100 Å². The van der Waals surface area contributed by atoms with Crippen LogP contribution in [0.1, 0.15) is 52.9 Å². The summed E-state index contributed by atoms with van der Waals surface area (Å²) in [4.78, 5) is 0. The first-order valence-electron chi connectivity index (χ1n) is 6.91. The summed E-state index contributed by atoms with van der Waals surface area (Å²) >= 11 is 0. The molecule has 0 radical (unpaired) electrons. The average molecular weight is 224 g/mol. The van der Waals surface area contributed by atoms with E-state index in [4.69, 9.17) is 5.73 Å².